The van der Waals surface area contributed by atoms with Crippen LogP contribution in [0.1, 0.15) is 29.6 Å². The molecule has 28 heavy (non-hydrogen) atoms. The first-order chi connectivity index (χ1) is 13.5. The number of rotatable bonds is 7. The van der Waals surface area contributed by atoms with E-state index in [0.29, 0.717) is 16.9 Å². The molecule has 0 radical (unpaired) electrons. The molecule has 1 aliphatic carbocycles. The molecule has 0 N–H and O–H groups in total. The molecule has 1 aromatic carbocycles. The summed E-state index contributed by atoms with van der Waals surface area (Å²) < 4.78 is 51.0. The number of aromatic nitrogens is 2. The van der Waals surface area contributed by atoms with E-state index < -0.39 is 12.4 Å². The van der Waals surface area contributed by atoms with Crippen LogP contribution in [0.5, 0.6) is 11.5 Å². The Morgan fingerprint density at radius 3 is 2.71 bits per heavy atom. The highest BCUT2D eigenvalue weighted by molar-refractivity contribution is 6.02. The Balaban J connectivity index is 1.84. The number of fused-ring (bicyclic) bond motifs is 1. The van der Waals surface area contributed by atoms with Crippen LogP contribution in [0.4, 0.5) is 13.2 Å². The molecule has 146 valence electrons. The largest absolute Gasteiger partial charge is 0.496 e. The molecule has 2 heterocycles. The average molecular weight is 390 g/mol. The summed E-state index contributed by atoms with van der Waals surface area (Å²) in [5, 5.41) is 0. The number of alkyl halides is 2. The molecular weight excluding hydrogens is 373 g/mol. The van der Waals surface area contributed by atoms with Crippen molar-refractivity contribution in [2.75, 3.05) is 7.11 Å². The third-order valence-corrected chi connectivity index (χ3v) is 4.72. The number of hydrogen-bond acceptors (Lipinski definition) is 4. The lowest BCUT2D eigenvalue weighted by Crippen LogP contribution is -2.11. The minimum atomic E-state index is -3.09. The number of carbonyl (C=O) groups is 1. The predicted molar refractivity (Wildman–Crippen MR) is 95.4 cm³/mol. The monoisotopic (exact) mass is 390 g/mol. The van der Waals surface area contributed by atoms with Crippen LogP contribution in [0, 0.1) is 11.7 Å². The van der Waals surface area contributed by atoms with Crippen LogP contribution in [0.25, 0.3) is 16.9 Å². The van der Waals surface area contributed by atoms with E-state index in [0.717, 1.165) is 12.8 Å². The van der Waals surface area contributed by atoms with Gasteiger partial charge in [-0.25, -0.2) is 9.37 Å². The Hall–Kier alpha value is -3.03. The van der Waals surface area contributed by atoms with Gasteiger partial charge in [0, 0.05) is 24.2 Å². The smallest absolute Gasteiger partial charge is 0.387 e. The maximum atomic E-state index is 13.4. The summed E-state index contributed by atoms with van der Waals surface area (Å²) in [6.45, 7) is -3.09. The van der Waals surface area contributed by atoms with E-state index in [2.05, 4.69) is 9.72 Å². The zero-order chi connectivity index (χ0) is 19.8. The number of pyridine rings is 1. The number of imidazole rings is 1. The minimum Gasteiger partial charge on any atom is -0.496 e. The number of methoxy groups -OCH3 is 1. The standard InChI is InChI=1S/C20H17F3N2O3/c1-27-16-7-12(14-10-24-18-9-13(21)4-5-25(14)18)8-17(28-20(22)23)19(16)15(26)6-11-2-3-11/h4-5,7-11,20H,2-3,6H2,1H3. The molecule has 0 amide bonds. The summed E-state index contributed by atoms with van der Waals surface area (Å²) in [6.07, 6.45) is 5.15. The van der Waals surface area contributed by atoms with Crippen molar-refractivity contribution in [3.63, 3.8) is 0 Å². The average Bonchev–Trinajstić information content (AvgIpc) is 3.36. The normalized spacial score (nSPS) is 13.9. The number of benzene rings is 1. The van der Waals surface area contributed by atoms with E-state index in [-0.39, 0.29) is 35.2 Å². The first-order valence-electron chi connectivity index (χ1n) is 8.79. The van der Waals surface area contributed by atoms with E-state index >= 15 is 0 Å². The minimum absolute atomic E-state index is 0.0123. The molecular formula is C20H17F3N2O3. The molecule has 3 aromatic rings. The summed E-state index contributed by atoms with van der Waals surface area (Å²) in [7, 11) is 1.36. The van der Waals surface area contributed by atoms with Crippen LogP contribution < -0.4 is 9.47 Å². The molecule has 1 saturated carbocycles. The maximum Gasteiger partial charge on any atom is 0.387 e. The van der Waals surface area contributed by atoms with Gasteiger partial charge in [-0.3, -0.25) is 9.20 Å². The molecule has 0 spiro atoms. The fourth-order valence-electron chi connectivity index (χ4n) is 3.22. The molecule has 0 aliphatic heterocycles. The number of halogens is 3. The predicted octanol–water partition coefficient (Wildman–Crippen LogP) is 4.73. The second-order valence-corrected chi connectivity index (χ2v) is 6.72. The summed E-state index contributed by atoms with van der Waals surface area (Å²) in [5.41, 5.74) is 1.35. The lowest BCUT2D eigenvalue weighted by molar-refractivity contribution is -0.0502. The van der Waals surface area contributed by atoms with E-state index in [4.69, 9.17) is 4.74 Å². The van der Waals surface area contributed by atoms with Gasteiger partial charge in [0.2, 0.25) is 0 Å². The van der Waals surface area contributed by atoms with Gasteiger partial charge >= 0.3 is 6.61 Å². The molecule has 0 atom stereocenters. The van der Waals surface area contributed by atoms with Gasteiger partial charge in [0.1, 0.15) is 28.5 Å². The third kappa shape index (κ3) is 3.54. The third-order valence-electron chi connectivity index (χ3n) is 4.72. The Morgan fingerprint density at radius 2 is 2.04 bits per heavy atom. The van der Waals surface area contributed by atoms with Crippen molar-refractivity contribution in [2.45, 2.75) is 25.9 Å². The molecule has 1 fully saturated rings. The van der Waals surface area contributed by atoms with Crippen molar-refractivity contribution in [1.29, 1.82) is 0 Å². The zero-order valence-electron chi connectivity index (χ0n) is 15.0. The second-order valence-electron chi connectivity index (χ2n) is 6.72. The van der Waals surface area contributed by atoms with Crippen LogP contribution in [0.2, 0.25) is 0 Å². The first-order valence-corrected chi connectivity index (χ1v) is 8.79. The molecule has 4 rings (SSSR count). The Kier molecular flexibility index (Phi) is 4.70. The van der Waals surface area contributed by atoms with Gasteiger partial charge in [-0.15, -0.1) is 0 Å². The van der Waals surface area contributed by atoms with Crippen molar-refractivity contribution in [3.05, 3.63) is 48.0 Å². The molecule has 0 unspecified atom stereocenters. The van der Waals surface area contributed by atoms with Gasteiger partial charge in [-0.1, -0.05) is 0 Å². The van der Waals surface area contributed by atoms with E-state index in [9.17, 15) is 18.0 Å². The van der Waals surface area contributed by atoms with Crippen molar-refractivity contribution in [3.8, 4) is 22.8 Å². The molecule has 5 nitrogen and oxygen atoms in total. The van der Waals surface area contributed by atoms with Crippen molar-refractivity contribution in [1.82, 2.24) is 9.38 Å². The quantitative estimate of drug-likeness (QED) is 0.547. The van der Waals surface area contributed by atoms with Gasteiger partial charge in [-0.05, 0) is 37.0 Å². The Bertz CT molecular complexity index is 1040. The number of ether oxygens (including phenoxy) is 2. The van der Waals surface area contributed by atoms with Gasteiger partial charge in [0.25, 0.3) is 0 Å². The van der Waals surface area contributed by atoms with Crippen molar-refractivity contribution >= 4 is 11.4 Å². The van der Waals surface area contributed by atoms with Gasteiger partial charge in [0.15, 0.2) is 5.78 Å². The molecule has 1 aliphatic rings. The molecule has 0 bridgehead atoms. The summed E-state index contributed by atoms with van der Waals surface area (Å²) >= 11 is 0. The van der Waals surface area contributed by atoms with Gasteiger partial charge in [0.05, 0.1) is 19.0 Å². The number of Topliss-reactive ketones (excluding diaryl/α,β-unsaturated/α-hetero) is 1. The highest BCUT2D eigenvalue weighted by Gasteiger charge is 2.29. The van der Waals surface area contributed by atoms with Crippen LogP contribution in [0.15, 0.2) is 36.7 Å². The number of ketones is 1. The van der Waals surface area contributed by atoms with E-state index in [1.807, 2.05) is 0 Å². The van der Waals surface area contributed by atoms with Crippen molar-refractivity contribution < 1.29 is 27.4 Å². The number of nitrogens with zero attached hydrogens (tertiary/aromatic N) is 2. The molecule has 0 saturated heterocycles. The van der Waals surface area contributed by atoms with Crippen LogP contribution >= 0.6 is 0 Å². The molecule has 8 heteroatoms. The number of carbonyl (C=O) groups excluding carboxylic acids is 1. The summed E-state index contributed by atoms with van der Waals surface area (Å²) in [5.74, 6) is -0.542. The SMILES string of the molecule is COc1cc(-c2cnc3cc(F)ccn23)cc(OC(F)F)c1C(=O)CC1CC1. The number of hydrogen-bond donors (Lipinski definition) is 0. The summed E-state index contributed by atoms with van der Waals surface area (Å²) in [6, 6.07) is 5.46. The van der Waals surface area contributed by atoms with E-state index in [1.54, 1.807) is 10.5 Å². The van der Waals surface area contributed by atoms with Gasteiger partial charge in [-0.2, -0.15) is 8.78 Å². The zero-order valence-corrected chi connectivity index (χ0v) is 15.0. The lowest BCUT2D eigenvalue weighted by Gasteiger charge is -2.16. The Morgan fingerprint density at radius 1 is 1.29 bits per heavy atom. The van der Waals surface area contributed by atoms with E-state index in [1.165, 1.54) is 37.7 Å². The van der Waals surface area contributed by atoms with Crippen LogP contribution in [-0.2, 0) is 0 Å². The first kappa shape index (κ1) is 18.3. The highest BCUT2D eigenvalue weighted by atomic mass is 19.3. The summed E-state index contributed by atoms with van der Waals surface area (Å²) in [4.78, 5) is 16.8. The van der Waals surface area contributed by atoms with Crippen LogP contribution in [0.3, 0.4) is 0 Å². The second kappa shape index (κ2) is 7.18. The fourth-order valence-corrected chi connectivity index (χ4v) is 3.22. The highest BCUT2D eigenvalue weighted by Crippen LogP contribution is 2.40. The van der Waals surface area contributed by atoms with Crippen molar-refractivity contribution in [2.24, 2.45) is 5.92 Å². The van der Waals surface area contributed by atoms with Crippen LogP contribution in [-0.4, -0.2) is 28.9 Å². The topological polar surface area (TPSA) is 52.8 Å². The fraction of sp³-hybridized carbons (Fsp3) is 0.300. The maximum absolute atomic E-state index is 13.4. The lowest BCUT2D eigenvalue weighted by atomic mass is 10.00. The Labute approximate surface area is 158 Å². The molecule has 2 aromatic heterocycles. The van der Waals surface area contributed by atoms with Gasteiger partial charge < -0.3 is 9.47 Å².